The summed E-state index contributed by atoms with van der Waals surface area (Å²) in [7, 11) is 11.7. The highest BCUT2D eigenvalue weighted by molar-refractivity contribution is 6.09. The highest BCUT2D eigenvalue weighted by Crippen LogP contribution is 2.37. The van der Waals surface area contributed by atoms with Gasteiger partial charge >= 0.3 is 0 Å². The molecule has 0 radical (unpaired) electrons. The van der Waals surface area contributed by atoms with Crippen molar-refractivity contribution in [3.05, 3.63) is 0 Å². The van der Waals surface area contributed by atoms with E-state index in [0.29, 0.717) is 0 Å². The van der Waals surface area contributed by atoms with Crippen LogP contribution in [0.5, 0.6) is 0 Å². The highest BCUT2D eigenvalue weighted by atomic mass is 16.2. The number of nitrogens with two attached hydrogens (primary N) is 1. The number of hydrogen-bond donors (Lipinski definition) is 1. The topological polar surface area (TPSA) is 94.6 Å². The van der Waals surface area contributed by atoms with Crippen LogP contribution in [0.2, 0.25) is 0 Å². The number of hydrazone groups is 2. The van der Waals surface area contributed by atoms with Gasteiger partial charge in [0.25, 0.3) is 0 Å². The van der Waals surface area contributed by atoms with Gasteiger partial charge in [0.05, 0.1) is 5.41 Å². The second-order valence-corrected chi connectivity index (χ2v) is 17.4. The molecule has 0 heterocycles. The van der Waals surface area contributed by atoms with Crippen molar-refractivity contribution >= 4 is 23.0 Å². The third-order valence-electron chi connectivity index (χ3n) is 11.3. The molecule has 0 aromatic rings. The molecule has 0 saturated heterocycles. The van der Waals surface area contributed by atoms with Gasteiger partial charge in [-0.05, 0) is 53.4 Å². The van der Waals surface area contributed by atoms with Crippen LogP contribution >= 0.6 is 0 Å². The Hall–Kier alpha value is -1.80. The Kier molecular flexibility index (Phi) is 40.4. The first-order chi connectivity index (χ1) is 26.5. The fourth-order valence-electron chi connectivity index (χ4n) is 7.81. The fraction of sp³-hybridized carbons (Fsp3) is 0.917. The molecule has 334 valence electrons. The lowest BCUT2D eigenvalue weighted by Crippen LogP contribution is -2.39. The Balaban J connectivity index is -0.000000934. The van der Waals surface area contributed by atoms with Crippen LogP contribution in [0.3, 0.4) is 0 Å². The number of carbonyl (C=O) groups excluding carboxylic acids is 2. The van der Waals surface area contributed by atoms with E-state index in [1.54, 1.807) is 27.9 Å². The lowest BCUT2D eigenvalue weighted by Gasteiger charge is -2.35. The summed E-state index contributed by atoms with van der Waals surface area (Å²) in [6.45, 7) is 16.7. The summed E-state index contributed by atoms with van der Waals surface area (Å²) in [5.74, 6) is 5.12. The molecule has 0 saturated carbocycles. The van der Waals surface area contributed by atoms with Gasteiger partial charge in [0, 0.05) is 59.1 Å². The number of Topliss-reactive ketones (excluding diaryl/α,β-unsaturated/α-hetero) is 2. The molecular weight excluding hydrogens is 693 g/mol. The standard InChI is InChI=1S/C25H52N4.C21H40O2.C2H8N2/c1-9-11-13-15-17-19-21-25(23(3)26-28(5)6,24(4)27-29(7)8)22-20-18-16-14-12-10-2;1-5-7-9-11-13-15-17-21(19(3)22,20(4)23)18-16-14-12-10-8-6-2;1-4(2)3/h9-22H2,1-8H3;5-18H2,1-4H3;3H2,1-2H3/b26-23+,27-24+;;. The number of carbonyl (C=O) groups is 2. The van der Waals surface area contributed by atoms with Crippen LogP contribution in [0.15, 0.2) is 10.2 Å². The molecule has 0 aliphatic carbocycles. The summed E-state index contributed by atoms with van der Waals surface area (Å²) >= 11 is 0. The summed E-state index contributed by atoms with van der Waals surface area (Å²) in [4.78, 5) is 24.4. The Morgan fingerprint density at radius 3 is 0.786 bits per heavy atom. The van der Waals surface area contributed by atoms with Crippen LogP contribution in [0.1, 0.15) is 235 Å². The van der Waals surface area contributed by atoms with Crippen molar-refractivity contribution in [1.29, 1.82) is 0 Å². The molecule has 0 aromatic heterocycles. The number of nitrogens with zero attached hydrogens (tertiary/aromatic N) is 5. The quantitative estimate of drug-likeness (QED) is 0.0229. The van der Waals surface area contributed by atoms with Gasteiger partial charge < -0.3 is 10.0 Å². The first-order valence-electron chi connectivity index (χ1n) is 23.4. The van der Waals surface area contributed by atoms with E-state index in [2.05, 4.69) is 41.5 Å². The van der Waals surface area contributed by atoms with E-state index in [-0.39, 0.29) is 17.0 Å². The van der Waals surface area contributed by atoms with E-state index >= 15 is 0 Å². The summed E-state index contributed by atoms with van der Waals surface area (Å²) in [6, 6.07) is 0. The molecule has 56 heavy (non-hydrogen) atoms. The lowest BCUT2D eigenvalue weighted by molar-refractivity contribution is -0.139. The average molecular weight is 793 g/mol. The van der Waals surface area contributed by atoms with Gasteiger partial charge in [0.15, 0.2) is 0 Å². The van der Waals surface area contributed by atoms with E-state index in [0.717, 1.165) is 38.5 Å². The zero-order valence-corrected chi connectivity index (χ0v) is 40.4. The molecule has 0 atom stereocenters. The van der Waals surface area contributed by atoms with E-state index in [1.165, 1.54) is 158 Å². The zero-order chi connectivity index (χ0) is 43.3. The molecule has 0 aliphatic heterocycles. The van der Waals surface area contributed by atoms with Crippen LogP contribution in [-0.2, 0) is 9.59 Å². The molecule has 0 aromatic carbocycles. The zero-order valence-electron chi connectivity index (χ0n) is 40.4. The smallest absolute Gasteiger partial charge is 0.143 e. The molecule has 0 rings (SSSR count). The van der Waals surface area contributed by atoms with Gasteiger partial charge in [0.1, 0.15) is 11.6 Å². The predicted octanol–water partition coefficient (Wildman–Crippen LogP) is 13.4. The predicted molar refractivity (Wildman–Crippen MR) is 250 cm³/mol. The maximum absolute atomic E-state index is 12.2. The van der Waals surface area contributed by atoms with Crippen molar-refractivity contribution in [2.75, 3.05) is 42.3 Å². The molecular formula is C48H100N6O2. The van der Waals surface area contributed by atoms with Crippen molar-refractivity contribution in [2.24, 2.45) is 26.9 Å². The molecule has 0 aliphatic rings. The first-order valence-corrected chi connectivity index (χ1v) is 23.4. The Labute approximate surface area is 351 Å². The van der Waals surface area contributed by atoms with Crippen LogP contribution < -0.4 is 5.84 Å². The Morgan fingerprint density at radius 1 is 0.393 bits per heavy atom. The van der Waals surface area contributed by atoms with Crippen LogP contribution in [0.25, 0.3) is 0 Å². The minimum Gasteiger partial charge on any atom is -0.303 e. The minimum atomic E-state index is -0.685. The lowest BCUT2D eigenvalue weighted by atomic mass is 9.71. The Bertz CT molecular complexity index is 898. The van der Waals surface area contributed by atoms with Gasteiger partial charge in [-0.15, -0.1) is 0 Å². The monoisotopic (exact) mass is 793 g/mol. The van der Waals surface area contributed by atoms with Crippen molar-refractivity contribution < 1.29 is 9.59 Å². The Morgan fingerprint density at radius 2 is 0.589 bits per heavy atom. The number of hydrogen-bond acceptors (Lipinski definition) is 8. The van der Waals surface area contributed by atoms with Gasteiger partial charge in [0.2, 0.25) is 0 Å². The van der Waals surface area contributed by atoms with Crippen molar-refractivity contribution in [2.45, 2.75) is 235 Å². The minimum absolute atomic E-state index is 0.00987. The van der Waals surface area contributed by atoms with Gasteiger partial charge in [-0.1, -0.05) is 182 Å². The van der Waals surface area contributed by atoms with Crippen LogP contribution in [0, 0.1) is 10.8 Å². The second-order valence-electron chi connectivity index (χ2n) is 17.4. The van der Waals surface area contributed by atoms with Crippen molar-refractivity contribution in [1.82, 2.24) is 15.0 Å². The van der Waals surface area contributed by atoms with Gasteiger partial charge in [-0.2, -0.15) is 10.2 Å². The SMILES string of the molecule is CCCCCCCCC(CCCCCCCC)(/C(C)=N/N(C)C)/C(C)=N/N(C)C.CCCCCCCCC(CCCCCCCC)(C(C)=O)C(C)=O.CN(C)N. The van der Waals surface area contributed by atoms with Crippen LogP contribution in [-0.4, -0.2) is 80.3 Å². The first kappa shape index (κ1) is 58.5. The van der Waals surface area contributed by atoms with Crippen molar-refractivity contribution in [3.63, 3.8) is 0 Å². The molecule has 8 heteroatoms. The normalized spacial score (nSPS) is 12.2. The number of hydrazine groups is 1. The highest BCUT2D eigenvalue weighted by Gasteiger charge is 2.39. The molecule has 0 amide bonds. The average Bonchev–Trinajstić information content (AvgIpc) is 3.11. The maximum atomic E-state index is 12.2. The number of unbranched alkanes of at least 4 members (excludes halogenated alkanes) is 20. The number of rotatable bonds is 34. The fourth-order valence-corrected chi connectivity index (χ4v) is 7.81. The third-order valence-corrected chi connectivity index (χ3v) is 11.3. The largest absolute Gasteiger partial charge is 0.303 e. The van der Waals surface area contributed by atoms with Crippen LogP contribution in [0.4, 0.5) is 0 Å². The van der Waals surface area contributed by atoms with E-state index in [9.17, 15) is 9.59 Å². The van der Waals surface area contributed by atoms with E-state index in [1.807, 2.05) is 38.2 Å². The van der Waals surface area contributed by atoms with E-state index < -0.39 is 5.41 Å². The molecule has 0 bridgehead atoms. The summed E-state index contributed by atoms with van der Waals surface area (Å²) in [6.07, 6.45) is 34.3. The van der Waals surface area contributed by atoms with E-state index in [4.69, 9.17) is 16.0 Å². The molecule has 0 spiro atoms. The maximum Gasteiger partial charge on any atom is 0.143 e. The summed E-state index contributed by atoms with van der Waals surface area (Å²) < 4.78 is 0. The van der Waals surface area contributed by atoms with Crippen molar-refractivity contribution in [3.8, 4) is 0 Å². The third kappa shape index (κ3) is 31.2. The molecule has 0 fully saturated rings. The van der Waals surface area contributed by atoms with Gasteiger partial charge in [-0.3, -0.25) is 20.4 Å². The molecule has 2 N–H and O–H groups in total. The second kappa shape index (κ2) is 38.7. The molecule has 0 unspecified atom stereocenters. The summed E-state index contributed by atoms with van der Waals surface area (Å²) in [5, 5.41) is 15.2. The molecule has 8 nitrogen and oxygen atoms in total. The summed E-state index contributed by atoms with van der Waals surface area (Å²) in [5.41, 5.74) is 1.76. The number of ketones is 2. The van der Waals surface area contributed by atoms with Gasteiger partial charge in [-0.25, -0.2) is 0 Å².